The van der Waals surface area contributed by atoms with Crippen LogP contribution in [0.2, 0.25) is 0 Å². The predicted octanol–water partition coefficient (Wildman–Crippen LogP) is 2.43. The highest BCUT2D eigenvalue weighted by molar-refractivity contribution is 5.77. The summed E-state index contributed by atoms with van der Waals surface area (Å²) in [7, 11) is 2.14. The molecule has 1 saturated carbocycles. The fourth-order valence-electron chi connectivity index (χ4n) is 3.15. The molecule has 1 aliphatic heterocycles. The summed E-state index contributed by atoms with van der Waals surface area (Å²) in [6, 6.07) is 0.613. The van der Waals surface area contributed by atoms with Gasteiger partial charge < -0.3 is 9.47 Å². The van der Waals surface area contributed by atoms with E-state index in [9.17, 15) is 4.79 Å². The van der Waals surface area contributed by atoms with Crippen molar-refractivity contribution < 1.29 is 4.79 Å². The van der Waals surface area contributed by atoms with E-state index in [0.717, 1.165) is 31.9 Å². The first kappa shape index (κ1) is 15.5. The normalized spacial score (nSPS) is 21.5. The summed E-state index contributed by atoms with van der Waals surface area (Å²) < 4.78 is 2.31. The third-order valence-electron chi connectivity index (χ3n) is 5.15. The Labute approximate surface area is 133 Å². The second kappa shape index (κ2) is 6.03. The lowest BCUT2D eigenvalue weighted by Crippen LogP contribution is -2.42. The van der Waals surface area contributed by atoms with Crippen LogP contribution in [-0.2, 0) is 17.9 Å². The third kappa shape index (κ3) is 3.05. The van der Waals surface area contributed by atoms with Crippen LogP contribution in [0.1, 0.15) is 57.6 Å². The van der Waals surface area contributed by atoms with Gasteiger partial charge in [-0.25, -0.2) is 4.98 Å². The van der Waals surface area contributed by atoms with Crippen molar-refractivity contribution >= 4 is 5.91 Å². The maximum Gasteiger partial charge on any atom is 0.223 e. The lowest BCUT2D eigenvalue weighted by atomic mass is 10.1. The molecular formula is C17H28N4O. The fraction of sp³-hybridized carbons (Fsp3) is 0.765. The van der Waals surface area contributed by atoms with E-state index in [-0.39, 0.29) is 6.04 Å². The van der Waals surface area contributed by atoms with E-state index in [2.05, 4.69) is 42.3 Å². The molecule has 5 nitrogen and oxygen atoms in total. The zero-order chi connectivity index (χ0) is 15.9. The molecule has 1 fully saturated rings. The summed E-state index contributed by atoms with van der Waals surface area (Å²) in [5, 5.41) is 0. The summed E-state index contributed by atoms with van der Waals surface area (Å²) in [6.45, 7) is 9.11. The van der Waals surface area contributed by atoms with Crippen LogP contribution in [-0.4, -0.2) is 44.9 Å². The number of carbonyl (C=O) groups is 1. The van der Waals surface area contributed by atoms with Gasteiger partial charge in [0.15, 0.2) is 0 Å². The highest BCUT2D eigenvalue weighted by atomic mass is 16.2. The third-order valence-corrected chi connectivity index (χ3v) is 5.15. The molecule has 0 saturated heterocycles. The first-order valence-corrected chi connectivity index (χ1v) is 8.51. The number of carbonyl (C=O) groups excluding carboxylic acids is 1. The summed E-state index contributed by atoms with van der Waals surface area (Å²) in [6.07, 6.45) is 5.18. The van der Waals surface area contributed by atoms with Gasteiger partial charge in [0, 0.05) is 38.3 Å². The van der Waals surface area contributed by atoms with E-state index in [0.29, 0.717) is 17.9 Å². The molecule has 0 spiro atoms. The molecule has 1 atom stereocenters. The maximum atomic E-state index is 12.4. The van der Waals surface area contributed by atoms with Crippen LogP contribution < -0.4 is 0 Å². The van der Waals surface area contributed by atoms with Gasteiger partial charge in [-0.1, -0.05) is 0 Å². The highest BCUT2D eigenvalue weighted by Gasteiger charge is 2.33. The van der Waals surface area contributed by atoms with Crippen molar-refractivity contribution in [2.45, 2.75) is 65.2 Å². The lowest BCUT2D eigenvalue weighted by molar-refractivity contribution is -0.134. The minimum atomic E-state index is 0.0955. The van der Waals surface area contributed by atoms with Crippen molar-refractivity contribution in [3.63, 3.8) is 0 Å². The van der Waals surface area contributed by atoms with E-state index in [1.807, 2.05) is 11.1 Å². The summed E-state index contributed by atoms with van der Waals surface area (Å²) in [4.78, 5) is 21.4. The van der Waals surface area contributed by atoms with Gasteiger partial charge in [-0.05, 0) is 46.6 Å². The standard InChI is InChI=1S/C17H28N4O/c1-12(2)19(4)11-15-10-18-17-13(3)20(7-8-21(15)17)16(22)9-14-5-6-14/h10,12-14H,5-9,11H2,1-4H3/t13-/m1/s1. The number of hydrogen-bond donors (Lipinski definition) is 0. The van der Waals surface area contributed by atoms with Gasteiger partial charge in [-0.15, -0.1) is 0 Å². The van der Waals surface area contributed by atoms with Crippen molar-refractivity contribution in [2.75, 3.05) is 13.6 Å². The molecule has 3 rings (SSSR count). The molecule has 1 aromatic rings. The molecule has 0 N–H and O–H groups in total. The van der Waals surface area contributed by atoms with Crippen LogP contribution >= 0.6 is 0 Å². The van der Waals surface area contributed by atoms with Crippen molar-refractivity contribution in [1.82, 2.24) is 19.4 Å². The molecule has 0 bridgehead atoms. The van der Waals surface area contributed by atoms with Crippen LogP contribution in [0, 0.1) is 5.92 Å². The Morgan fingerprint density at radius 3 is 2.77 bits per heavy atom. The van der Waals surface area contributed by atoms with Gasteiger partial charge in [-0.2, -0.15) is 0 Å². The van der Waals surface area contributed by atoms with E-state index < -0.39 is 0 Å². The Morgan fingerprint density at radius 1 is 1.41 bits per heavy atom. The Morgan fingerprint density at radius 2 is 2.14 bits per heavy atom. The van der Waals surface area contributed by atoms with Crippen LogP contribution in [0.5, 0.6) is 0 Å². The van der Waals surface area contributed by atoms with Gasteiger partial charge in [0.25, 0.3) is 0 Å². The monoisotopic (exact) mass is 304 g/mol. The number of imidazole rings is 1. The maximum absolute atomic E-state index is 12.4. The molecule has 0 aromatic carbocycles. The smallest absolute Gasteiger partial charge is 0.223 e. The first-order chi connectivity index (χ1) is 10.5. The summed E-state index contributed by atoms with van der Waals surface area (Å²) >= 11 is 0. The fourth-order valence-corrected chi connectivity index (χ4v) is 3.15. The number of rotatable bonds is 5. The second-order valence-corrected chi connectivity index (χ2v) is 7.18. The van der Waals surface area contributed by atoms with Gasteiger partial charge >= 0.3 is 0 Å². The SMILES string of the molecule is CC(C)N(C)Cc1cnc2n1CCN(C(=O)CC1CC1)[C@@H]2C. The second-order valence-electron chi connectivity index (χ2n) is 7.18. The molecule has 0 unspecified atom stereocenters. The minimum absolute atomic E-state index is 0.0955. The Kier molecular flexibility index (Phi) is 4.26. The molecule has 1 amide bonds. The number of nitrogens with zero attached hydrogens (tertiary/aromatic N) is 4. The topological polar surface area (TPSA) is 41.4 Å². The van der Waals surface area contributed by atoms with Crippen LogP contribution in [0.15, 0.2) is 6.20 Å². The molecule has 122 valence electrons. The Hall–Kier alpha value is -1.36. The van der Waals surface area contributed by atoms with E-state index in [1.54, 1.807) is 0 Å². The zero-order valence-electron chi connectivity index (χ0n) is 14.2. The minimum Gasteiger partial charge on any atom is -0.331 e. The average Bonchev–Trinajstić information content (AvgIpc) is 3.18. The first-order valence-electron chi connectivity index (χ1n) is 8.51. The highest BCUT2D eigenvalue weighted by Crippen LogP contribution is 2.35. The average molecular weight is 304 g/mol. The van der Waals surface area contributed by atoms with Gasteiger partial charge in [0.2, 0.25) is 5.91 Å². The van der Waals surface area contributed by atoms with E-state index in [1.165, 1.54) is 18.5 Å². The number of fused-ring (bicyclic) bond motifs is 1. The van der Waals surface area contributed by atoms with E-state index in [4.69, 9.17) is 0 Å². The van der Waals surface area contributed by atoms with Crippen molar-refractivity contribution in [3.8, 4) is 0 Å². The van der Waals surface area contributed by atoms with Crippen LogP contribution in [0.3, 0.4) is 0 Å². The summed E-state index contributed by atoms with van der Waals surface area (Å²) in [5.74, 6) is 2.00. The van der Waals surface area contributed by atoms with Crippen molar-refractivity contribution in [3.05, 3.63) is 17.7 Å². The molecule has 2 heterocycles. The van der Waals surface area contributed by atoms with Gasteiger partial charge in [0.05, 0.1) is 11.7 Å². The van der Waals surface area contributed by atoms with Crippen molar-refractivity contribution in [1.29, 1.82) is 0 Å². The lowest BCUT2D eigenvalue weighted by Gasteiger charge is -2.35. The zero-order valence-corrected chi connectivity index (χ0v) is 14.2. The van der Waals surface area contributed by atoms with Crippen LogP contribution in [0.25, 0.3) is 0 Å². The van der Waals surface area contributed by atoms with Crippen molar-refractivity contribution in [2.24, 2.45) is 5.92 Å². The number of aromatic nitrogens is 2. The molecular weight excluding hydrogens is 276 g/mol. The quantitative estimate of drug-likeness (QED) is 0.839. The van der Waals surface area contributed by atoms with Gasteiger partial charge in [-0.3, -0.25) is 9.69 Å². The Balaban J connectivity index is 1.72. The molecule has 5 heteroatoms. The number of hydrogen-bond acceptors (Lipinski definition) is 3. The summed E-state index contributed by atoms with van der Waals surface area (Å²) in [5.41, 5.74) is 1.26. The molecule has 0 radical (unpaired) electrons. The predicted molar refractivity (Wildman–Crippen MR) is 86.3 cm³/mol. The largest absolute Gasteiger partial charge is 0.331 e. The van der Waals surface area contributed by atoms with E-state index >= 15 is 0 Å². The van der Waals surface area contributed by atoms with Crippen LogP contribution in [0.4, 0.5) is 0 Å². The molecule has 22 heavy (non-hydrogen) atoms. The number of amides is 1. The molecule has 1 aliphatic carbocycles. The molecule has 2 aliphatic rings. The Bertz CT molecular complexity index is 547. The van der Waals surface area contributed by atoms with Gasteiger partial charge in [0.1, 0.15) is 5.82 Å². The molecule has 1 aromatic heterocycles.